The number of nitrogens with zero attached hydrogens (tertiary/aromatic N) is 2. The molecule has 0 saturated carbocycles. The van der Waals surface area contributed by atoms with Crippen LogP contribution in [-0.2, 0) is 4.79 Å². The van der Waals surface area contributed by atoms with E-state index in [1.165, 1.54) is 12.1 Å². The number of hydrogen-bond donors (Lipinski definition) is 2. The second-order valence-corrected chi connectivity index (χ2v) is 13.9. The molecule has 150 valence electrons. The van der Waals surface area contributed by atoms with E-state index in [0.717, 1.165) is 29.5 Å². The van der Waals surface area contributed by atoms with Crippen molar-refractivity contribution in [1.82, 2.24) is 4.72 Å². The van der Waals surface area contributed by atoms with E-state index in [2.05, 4.69) is 42.9 Å². The van der Waals surface area contributed by atoms with Gasteiger partial charge in [0.1, 0.15) is 0 Å². The van der Waals surface area contributed by atoms with Crippen LogP contribution in [0.25, 0.3) is 0 Å². The molecule has 2 N–H and O–H groups in total. The Hall–Kier alpha value is 0.0200. The van der Waals surface area contributed by atoms with Gasteiger partial charge >= 0.3 is 178 Å². The van der Waals surface area contributed by atoms with E-state index in [0.29, 0.717) is 5.92 Å². The number of carboxylic acids is 1. The maximum atomic E-state index is 11.6. The maximum absolute atomic E-state index is 11.6. The van der Waals surface area contributed by atoms with Gasteiger partial charge in [-0.15, -0.1) is 0 Å². The van der Waals surface area contributed by atoms with Gasteiger partial charge in [-0.1, -0.05) is 0 Å². The molecule has 0 aliphatic carbocycles. The summed E-state index contributed by atoms with van der Waals surface area (Å²) >= 11 is 2.67. The first-order valence-electron chi connectivity index (χ1n) is 8.98. The Morgan fingerprint density at radius 1 is 1.50 bits per heavy atom. The summed E-state index contributed by atoms with van der Waals surface area (Å²) in [6.07, 6.45) is 1.80. The molecule has 4 atom stereocenters. The summed E-state index contributed by atoms with van der Waals surface area (Å²) in [5.74, 6) is -0.141. The van der Waals surface area contributed by atoms with Crippen LogP contribution in [0.3, 0.4) is 0 Å². The summed E-state index contributed by atoms with van der Waals surface area (Å²) in [7, 11) is 0. The van der Waals surface area contributed by atoms with Gasteiger partial charge < -0.3 is 0 Å². The average Bonchev–Trinajstić information content (AvgIpc) is 3.12. The summed E-state index contributed by atoms with van der Waals surface area (Å²) in [4.78, 5) is 11.6. The Labute approximate surface area is 177 Å². The summed E-state index contributed by atoms with van der Waals surface area (Å²) in [5.41, 5.74) is 1.14. The number of carbonyl (C=O) groups is 1. The van der Waals surface area contributed by atoms with E-state index >= 15 is 0 Å². The van der Waals surface area contributed by atoms with E-state index < -0.39 is 10.7 Å². The molecule has 0 unspecified atom stereocenters. The van der Waals surface area contributed by atoms with Gasteiger partial charge in [-0.2, -0.15) is 0 Å². The standard InChI is InChI=1S/C18H31IN3O2S2/c1-7-14(25-17(4,5)16(23)24)15(13-10-21-26-22-13)12(3)9-19-18(6,8-2)11-20/h12,14-15,21H,7-10H2,1-6H3,(H,23,24)/q-1/t12-,14+,15-,18+/m1/s1. The molecule has 0 spiro atoms. The molecule has 0 fully saturated rings. The normalized spacial score (nSPS) is 20.7. The molecule has 0 bridgehead atoms. The minimum atomic E-state index is -0.821. The number of carboxylic acid groups (broad SMARTS) is 1. The van der Waals surface area contributed by atoms with E-state index in [1.54, 1.807) is 25.6 Å². The monoisotopic (exact) mass is 512 g/mol. The van der Waals surface area contributed by atoms with E-state index in [1.807, 2.05) is 0 Å². The molecule has 5 nitrogen and oxygen atoms in total. The van der Waals surface area contributed by atoms with Crippen LogP contribution in [0.15, 0.2) is 4.40 Å². The molecule has 1 aliphatic heterocycles. The van der Waals surface area contributed by atoms with Crippen molar-refractivity contribution in [2.24, 2.45) is 16.2 Å². The topological polar surface area (TPSA) is 85.5 Å². The molecule has 8 heteroatoms. The predicted octanol–water partition coefficient (Wildman–Crippen LogP) is 1.00. The quantitative estimate of drug-likeness (QED) is 0.244. The third-order valence-corrected chi connectivity index (χ3v) is 11.6. The van der Waals surface area contributed by atoms with Crippen LogP contribution in [0.1, 0.15) is 54.4 Å². The molecule has 0 aromatic carbocycles. The number of aliphatic carboxylic acids is 1. The van der Waals surface area contributed by atoms with Gasteiger partial charge in [-0.3, -0.25) is 0 Å². The summed E-state index contributed by atoms with van der Waals surface area (Å²) in [6.45, 7) is 12.9. The van der Waals surface area contributed by atoms with Crippen LogP contribution in [0, 0.1) is 23.2 Å². The van der Waals surface area contributed by atoms with Gasteiger partial charge in [-0.05, 0) is 0 Å². The van der Waals surface area contributed by atoms with Gasteiger partial charge in [0.2, 0.25) is 0 Å². The Morgan fingerprint density at radius 3 is 2.58 bits per heavy atom. The Kier molecular flexibility index (Phi) is 9.75. The van der Waals surface area contributed by atoms with E-state index in [4.69, 9.17) is 0 Å². The molecule has 0 aromatic rings. The Morgan fingerprint density at radius 2 is 2.15 bits per heavy atom. The fourth-order valence-electron chi connectivity index (χ4n) is 2.75. The molecular formula is C18H31IN3O2S2-. The number of rotatable bonds is 11. The molecule has 26 heavy (non-hydrogen) atoms. The van der Waals surface area contributed by atoms with Crippen molar-refractivity contribution in [3.63, 3.8) is 0 Å². The van der Waals surface area contributed by atoms with Gasteiger partial charge in [0.25, 0.3) is 0 Å². The van der Waals surface area contributed by atoms with Crippen LogP contribution >= 0.6 is 23.9 Å². The van der Waals surface area contributed by atoms with Gasteiger partial charge in [0.05, 0.1) is 0 Å². The SMILES string of the molecule is CC[C@H](SC(C)(C)C(=O)O)[C@@H](C1=NSNC1)[C@H](C)C[I-][C@](C)(C#N)CC. The molecule has 0 aromatic heterocycles. The second-order valence-electron chi connectivity index (χ2n) is 7.33. The van der Waals surface area contributed by atoms with Crippen molar-refractivity contribution in [2.45, 2.75) is 67.8 Å². The first kappa shape index (κ1) is 24.1. The van der Waals surface area contributed by atoms with Gasteiger partial charge in [0, 0.05) is 0 Å². The Balaban J connectivity index is 2.99. The molecule has 1 aliphatic rings. The first-order valence-corrected chi connectivity index (χ1v) is 13.2. The fourth-order valence-corrected chi connectivity index (χ4v) is 7.85. The van der Waals surface area contributed by atoms with Crippen LogP contribution in [0.4, 0.5) is 0 Å². The minimum absolute atomic E-state index is 0.183. The zero-order valence-corrected chi connectivity index (χ0v) is 20.3. The van der Waals surface area contributed by atoms with Crippen molar-refractivity contribution < 1.29 is 31.1 Å². The number of thioether (sulfide) groups is 1. The molecule has 1 rings (SSSR count). The third kappa shape index (κ3) is 6.57. The first-order chi connectivity index (χ1) is 12.1. The van der Waals surface area contributed by atoms with E-state index in [-0.39, 0.29) is 35.8 Å². The average molecular weight is 513 g/mol. The zero-order chi connectivity index (χ0) is 20.0. The van der Waals surface area contributed by atoms with Crippen LogP contribution in [0.5, 0.6) is 0 Å². The predicted molar refractivity (Wildman–Crippen MR) is 108 cm³/mol. The van der Waals surface area contributed by atoms with Crippen molar-refractivity contribution in [3.8, 4) is 6.07 Å². The number of nitrogens with one attached hydrogen (secondary N) is 1. The third-order valence-electron chi connectivity index (χ3n) is 4.76. The number of alkyl halides is 2. The molecule has 0 amide bonds. The van der Waals surface area contributed by atoms with Crippen LogP contribution in [0.2, 0.25) is 0 Å². The van der Waals surface area contributed by atoms with Crippen LogP contribution in [-0.4, -0.2) is 41.2 Å². The second kappa shape index (κ2) is 10.5. The molecule has 1 heterocycles. The Bertz CT molecular complexity index is 565. The fraction of sp³-hybridized carbons (Fsp3) is 0.833. The van der Waals surface area contributed by atoms with E-state index in [9.17, 15) is 15.2 Å². The van der Waals surface area contributed by atoms with Crippen molar-refractivity contribution in [2.75, 3.05) is 11.0 Å². The van der Waals surface area contributed by atoms with Gasteiger partial charge in [-0.25, -0.2) is 0 Å². The van der Waals surface area contributed by atoms with Crippen molar-refractivity contribution in [1.29, 1.82) is 5.26 Å². The zero-order valence-electron chi connectivity index (χ0n) is 16.5. The molecular weight excluding hydrogens is 481 g/mol. The summed E-state index contributed by atoms with van der Waals surface area (Å²) < 4.78 is 7.85. The molecule has 0 saturated heterocycles. The number of hydrogen-bond acceptors (Lipinski definition) is 6. The van der Waals surface area contributed by atoms with Crippen molar-refractivity contribution in [3.05, 3.63) is 0 Å². The van der Waals surface area contributed by atoms with Gasteiger partial charge in [0.15, 0.2) is 0 Å². The molecule has 0 radical (unpaired) electrons. The number of nitriles is 1. The van der Waals surface area contributed by atoms with Crippen molar-refractivity contribution >= 4 is 35.6 Å². The summed E-state index contributed by atoms with van der Waals surface area (Å²) in [5, 5.41) is 19.2. The summed E-state index contributed by atoms with van der Waals surface area (Å²) in [6, 6.07) is 2.51. The van der Waals surface area contributed by atoms with Crippen LogP contribution < -0.4 is 25.9 Å². The number of halogens is 1.